The van der Waals surface area contributed by atoms with Crippen LogP contribution in [0.4, 0.5) is 5.13 Å². The van der Waals surface area contributed by atoms with E-state index in [1.54, 1.807) is 0 Å². The fraction of sp³-hybridized carbons (Fsp3) is 0.636. The Bertz CT molecular complexity index is 323. The molecule has 0 aliphatic rings. The summed E-state index contributed by atoms with van der Waals surface area (Å²) in [5.41, 5.74) is 1.000. The van der Waals surface area contributed by atoms with Gasteiger partial charge in [-0.3, -0.25) is 4.79 Å². The third-order valence-corrected chi connectivity index (χ3v) is 3.60. The Hall–Kier alpha value is -0.900. The van der Waals surface area contributed by atoms with Crippen LogP contribution in [0.3, 0.4) is 0 Å². The molecule has 0 fully saturated rings. The lowest BCUT2D eigenvalue weighted by Crippen LogP contribution is -2.21. The molecule has 0 aliphatic heterocycles. The van der Waals surface area contributed by atoms with Crippen LogP contribution in [0.25, 0.3) is 0 Å². The van der Waals surface area contributed by atoms with Gasteiger partial charge < -0.3 is 5.32 Å². The monoisotopic (exact) mass is 226 g/mol. The van der Waals surface area contributed by atoms with Crippen molar-refractivity contribution in [2.45, 2.75) is 40.5 Å². The zero-order valence-corrected chi connectivity index (χ0v) is 10.6. The van der Waals surface area contributed by atoms with Gasteiger partial charge in [-0.2, -0.15) is 0 Å². The van der Waals surface area contributed by atoms with Crippen molar-refractivity contribution in [3.63, 3.8) is 0 Å². The highest BCUT2D eigenvalue weighted by Gasteiger charge is 2.15. The summed E-state index contributed by atoms with van der Waals surface area (Å²) in [4.78, 5) is 17.2. The van der Waals surface area contributed by atoms with Crippen LogP contribution in [0.2, 0.25) is 0 Å². The zero-order chi connectivity index (χ0) is 11.4. The Morgan fingerprint density at radius 1 is 1.40 bits per heavy atom. The molecular weight excluding hydrogens is 208 g/mol. The van der Waals surface area contributed by atoms with E-state index in [1.807, 2.05) is 27.7 Å². The van der Waals surface area contributed by atoms with Crippen LogP contribution in [0.1, 0.15) is 37.3 Å². The second kappa shape index (κ2) is 5.26. The summed E-state index contributed by atoms with van der Waals surface area (Å²) in [6, 6.07) is 0. The molecule has 0 aromatic carbocycles. The average molecular weight is 226 g/mol. The van der Waals surface area contributed by atoms with Gasteiger partial charge in [0.15, 0.2) is 5.13 Å². The highest BCUT2D eigenvalue weighted by molar-refractivity contribution is 7.15. The van der Waals surface area contributed by atoms with Crippen molar-refractivity contribution in [3.8, 4) is 0 Å². The summed E-state index contributed by atoms with van der Waals surface area (Å²) in [6.07, 6.45) is 1.76. The number of aromatic nitrogens is 1. The molecule has 15 heavy (non-hydrogen) atoms. The van der Waals surface area contributed by atoms with E-state index in [-0.39, 0.29) is 11.8 Å². The molecule has 1 amide bonds. The predicted molar refractivity (Wildman–Crippen MR) is 64.3 cm³/mol. The molecule has 0 atom stereocenters. The maximum Gasteiger partial charge on any atom is 0.229 e. The SMILES string of the molecule is CCC(CC)C(=O)Nc1nc(C)c(C)s1. The number of hydrogen-bond acceptors (Lipinski definition) is 3. The molecule has 0 unspecified atom stereocenters. The Balaban J connectivity index is 2.65. The minimum Gasteiger partial charge on any atom is -0.302 e. The Morgan fingerprint density at radius 2 is 2.00 bits per heavy atom. The second-order valence-corrected chi connectivity index (χ2v) is 4.87. The molecule has 0 radical (unpaired) electrons. The first-order valence-electron chi connectivity index (χ1n) is 5.33. The largest absolute Gasteiger partial charge is 0.302 e. The minimum absolute atomic E-state index is 0.0914. The van der Waals surface area contributed by atoms with E-state index < -0.39 is 0 Å². The number of carbonyl (C=O) groups is 1. The summed E-state index contributed by atoms with van der Waals surface area (Å²) in [6.45, 7) is 8.04. The number of hydrogen-bond donors (Lipinski definition) is 1. The summed E-state index contributed by atoms with van der Waals surface area (Å²) in [7, 11) is 0. The van der Waals surface area contributed by atoms with Crippen LogP contribution in [-0.4, -0.2) is 10.9 Å². The molecule has 0 aliphatic carbocycles. The van der Waals surface area contributed by atoms with Gasteiger partial charge in [-0.25, -0.2) is 4.98 Å². The van der Waals surface area contributed by atoms with E-state index in [0.717, 1.165) is 28.5 Å². The van der Waals surface area contributed by atoms with Gasteiger partial charge in [0.25, 0.3) is 0 Å². The van der Waals surface area contributed by atoms with Crippen LogP contribution in [0.5, 0.6) is 0 Å². The Morgan fingerprint density at radius 3 is 2.40 bits per heavy atom. The minimum atomic E-state index is 0.0914. The molecule has 1 rings (SSSR count). The quantitative estimate of drug-likeness (QED) is 0.857. The molecule has 0 spiro atoms. The van der Waals surface area contributed by atoms with Gasteiger partial charge in [-0.1, -0.05) is 13.8 Å². The lowest BCUT2D eigenvalue weighted by Gasteiger charge is -2.10. The molecule has 4 heteroatoms. The number of nitrogens with one attached hydrogen (secondary N) is 1. The molecule has 1 heterocycles. The van der Waals surface area contributed by atoms with Crippen LogP contribution in [-0.2, 0) is 4.79 Å². The number of amides is 1. The molecule has 1 aromatic rings. The number of nitrogens with zero attached hydrogens (tertiary/aromatic N) is 1. The van der Waals surface area contributed by atoms with Crippen LogP contribution < -0.4 is 5.32 Å². The highest BCUT2D eigenvalue weighted by Crippen LogP contribution is 2.22. The van der Waals surface area contributed by atoms with Crippen molar-refractivity contribution >= 4 is 22.4 Å². The molecule has 0 saturated heterocycles. The average Bonchev–Trinajstić information content (AvgIpc) is 2.47. The van der Waals surface area contributed by atoms with Crippen molar-refractivity contribution < 1.29 is 4.79 Å². The van der Waals surface area contributed by atoms with Crippen molar-refractivity contribution in [2.75, 3.05) is 5.32 Å². The Kier molecular flexibility index (Phi) is 4.27. The summed E-state index contributed by atoms with van der Waals surface area (Å²) in [5, 5.41) is 3.60. The number of rotatable bonds is 4. The van der Waals surface area contributed by atoms with Gasteiger partial charge in [-0.05, 0) is 26.7 Å². The fourth-order valence-corrected chi connectivity index (χ4v) is 2.21. The van der Waals surface area contributed by atoms with Crippen LogP contribution in [0, 0.1) is 19.8 Å². The molecule has 3 nitrogen and oxygen atoms in total. The molecular formula is C11H18N2OS. The summed E-state index contributed by atoms with van der Waals surface area (Å²) >= 11 is 1.54. The predicted octanol–water partition coefficient (Wildman–Crippen LogP) is 3.13. The summed E-state index contributed by atoms with van der Waals surface area (Å²) in [5.74, 6) is 0.197. The van der Waals surface area contributed by atoms with Crippen molar-refractivity contribution in [3.05, 3.63) is 10.6 Å². The molecule has 84 valence electrons. The molecule has 0 saturated carbocycles. The second-order valence-electron chi connectivity index (χ2n) is 3.66. The van der Waals surface area contributed by atoms with Gasteiger partial charge in [0, 0.05) is 10.8 Å². The van der Waals surface area contributed by atoms with E-state index in [0.29, 0.717) is 0 Å². The normalized spacial score (nSPS) is 10.7. The number of aryl methyl sites for hydroxylation is 2. The lowest BCUT2D eigenvalue weighted by atomic mass is 10.0. The standard InChI is InChI=1S/C11H18N2OS/c1-5-9(6-2)10(14)13-11-12-7(3)8(4)15-11/h9H,5-6H2,1-4H3,(H,12,13,14). The van der Waals surface area contributed by atoms with E-state index >= 15 is 0 Å². The van der Waals surface area contributed by atoms with Gasteiger partial charge >= 0.3 is 0 Å². The smallest absolute Gasteiger partial charge is 0.229 e. The number of carbonyl (C=O) groups excluding carboxylic acids is 1. The summed E-state index contributed by atoms with van der Waals surface area (Å²) < 4.78 is 0. The van der Waals surface area contributed by atoms with Crippen LogP contribution >= 0.6 is 11.3 Å². The first-order chi connectivity index (χ1) is 7.08. The van der Waals surface area contributed by atoms with Crippen LogP contribution in [0.15, 0.2) is 0 Å². The first-order valence-corrected chi connectivity index (χ1v) is 6.15. The van der Waals surface area contributed by atoms with Gasteiger partial charge in [-0.15, -0.1) is 11.3 Å². The number of thiazole rings is 1. The molecule has 1 aromatic heterocycles. The Labute approximate surface area is 94.9 Å². The molecule has 1 N–H and O–H groups in total. The zero-order valence-electron chi connectivity index (χ0n) is 9.76. The fourth-order valence-electron chi connectivity index (χ4n) is 1.39. The van der Waals surface area contributed by atoms with Crippen molar-refractivity contribution in [1.29, 1.82) is 0 Å². The molecule has 0 bridgehead atoms. The maximum absolute atomic E-state index is 11.8. The van der Waals surface area contributed by atoms with E-state index in [9.17, 15) is 4.79 Å². The lowest BCUT2D eigenvalue weighted by molar-refractivity contribution is -0.120. The van der Waals surface area contributed by atoms with Crippen molar-refractivity contribution in [1.82, 2.24) is 4.98 Å². The topological polar surface area (TPSA) is 42.0 Å². The van der Waals surface area contributed by atoms with E-state index in [1.165, 1.54) is 11.3 Å². The number of anilines is 1. The maximum atomic E-state index is 11.8. The first kappa shape index (κ1) is 12.2. The van der Waals surface area contributed by atoms with Crippen molar-refractivity contribution in [2.24, 2.45) is 5.92 Å². The third-order valence-electron chi connectivity index (χ3n) is 2.62. The van der Waals surface area contributed by atoms with E-state index in [4.69, 9.17) is 0 Å². The highest BCUT2D eigenvalue weighted by atomic mass is 32.1. The van der Waals surface area contributed by atoms with Gasteiger partial charge in [0.05, 0.1) is 5.69 Å². The van der Waals surface area contributed by atoms with Gasteiger partial charge in [0.2, 0.25) is 5.91 Å². The van der Waals surface area contributed by atoms with E-state index in [2.05, 4.69) is 10.3 Å². The van der Waals surface area contributed by atoms with Gasteiger partial charge in [0.1, 0.15) is 0 Å². The third kappa shape index (κ3) is 3.02.